The number of nitriles is 1. The van der Waals surface area contributed by atoms with Gasteiger partial charge >= 0.3 is 0 Å². The average molecular weight is 213 g/mol. The second-order valence-electron chi connectivity index (χ2n) is 3.55. The molecule has 4 nitrogen and oxygen atoms in total. The third-order valence-electron chi connectivity index (χ3n) is 2.70. The van der Waals surface area contributed by atoms with E-state index in [0.29, 0.717) is 5.75 Å². The minimum absolute atomic E-state index is 0.0382. The van der Waals surface area contributed by atoms with Crippen LogP contribution in [0.2, 0.25) is 0 Å². The number of thiol groups is 1. The minimum atomic E-state index is -0.354. The number of nitrogens with two attached hydrogens (primary N) is 1. The van der Waals surface area contributed by atoms with Gasteiger partial charge < -0.3 is 10.6 Å². The quantitative estimate of drug-likeness (QED) is 0.525. The molecule has 0 aromatic carbocycles. The van der Waals surface area contributed by atoms with Crippen molar-refractivity contribution in [1.82, 2.24) is 4.90 Å². The molecular weight excluding hydrogens is 198 g/mol. The van der Waals surface area contributed by atoms with Crippen molar-refractivity contribution in [2.75, 3.05) is 12.3 Å². The molecule has 0 bridgehead atoms. The summed E-state index contributed by atoms with van der Waals surface area (Å²) < 4.78 is 0. The summed E-state index contributed by atoms with van der Waals surface area (Å²) in [6, 6.07) is -0.0382. The number of hydrogen-bond acceptors (Lipinski definition) is 4. The zero-order valence-corrected chi connectivity index (χ0v) is 8.91. The van der Waals surface area contributed by atoms with Crippen LogP contribution >= 0.6 is 12.6 Å². The maximum atomic E-state index is 11.1. The molecule has 0 aliphatic carbocycles. The first-order valence-corrected chi connectivity index (χ1v) is 5.40. The molecule has 5 heteroatoms. The van der Waals surface area contributed by atoms with E-state index in [2.05, 4.69) is 18.8 Å². The highest BCUT2D eigenvalue weighted by Gasteiger charge is 2.31. The summed E-state index contributed by atoms with van der Waals surface area (Å²) in [4.78, 5) is 12.8. The second kappa shape index (κ2) is 5.11. The highest BCUT2D eigenvalue weighted by Crippen LogP contribution is 2.23. The van der Waals surface area contributed by atoms with Gasteiger partial charge in [-0.3, -0.25) is 4.79 Å². The van der Waals surface area contributed by atoms with Gasteiger partial charge in [-0.2, -0.15) is 17.9 Å². The van der Waals surface area contributed by atoms with Crippen LogP contribution in [0, 0.1) is 17.4 Å². The summed E-state index contributed by atoms with van der Waals surface area (Å²) in [5.41, 5.74) is 5.27. The summed E-state index contributed by atoms with van der Waals surface area (Å²) in [5.74, 6) is -0.247. The number of likely N-dealkylation sites (tertiary alicyclic amines) is 1. The molecule has 78 valence electrons. The maximum Gasteiger partial charge on any atom is 0.223 e. The molecule has 1 fully saturated rings. The lowest BCUT2D eigenvalue weighted by molar-refractivity contribution is -0.123. The predicted molar refractivity (Wildman–Crippen MR) is 56.5 cm³/mol. The summed E-state index contributed by atoms with van der Waals surface area (Å²) >= 11 is 4.11. The Kier molecular flexibility index (Phi) is 4.08. The normalized spacial score (nSPS) is 24.0. The van der Waals surface area contributed by atoms with Crippen LogP contribution in [-0.4, -0.2) is 29.1 Å². The molecule has 0 spiro atoms. The molecular formula is C9H15N3OS. The molecule has 0 aromatic heterocycles. The van der Waals surface area contributed by atoms with Gasteiger partial charge in [0.1, 0.15) is 0 Å². The predicted octanol–water partition coefficient (Wildman–Crippen LogP) is 0.353. The molecule has 1 aliphatic heterocycles. The molecule has 0 saturated carbocycles. The molecule has 14 heavy (non-hydrogen) atoms. The van der Waals surface area contributed by atoms with Crippen LogP contribution in [-0.2, 0) is 4.79 Å². The number of piperidine rings is 1. The van der Waals surface area contributed by atoms with Crippen LogP contribution in [0.5, 0.6) is 0 Å². The molecule has 2 N–H and O–H groups in total. The number of rotatable bonds is 3. The van der Waals surface area contributed by atoms with E-state index in [1.807, 2.05) is 0 Å². The third-order valence-corrected chi connectivity index (χ3v) is 3.10. The van der Waals surface area contributed by atoms with Gasteiger partial charge in [0.2, 0.25) is 5.91 Å². The van der Waals surface area contributed by atoms with Gasteiger partial charge in [0.15, 0.2) is 6.19 Å². The zero-order chi connectivity index (χ0) is 10.6. The van der Waals surface area contributed by atoms with Crippen molar-refractivity contribution in [2.24, 2.45) is 11.7 Å². The number of carbonyl (C=O) groups is 1. The molecule has 1 amide bonds. The first-order valence-electron chi connectivity index (χ1n) is 4.77. The summed E-state index contributed by atoms with van der Waals surface area (Å²) in [5, 5.41) is 8.89. The van der Waals surface area contributed by atoms with Crippen molar-refractivity contribution in [3.8, 4) is 6.19 Å². The van der Waals surface area contributed by atoms with Gasteiger partial charge in [0.25, 0.3) is 0 Å². The first-order chi connectivity index (χ1) is 6.70. The van der Waals surface area contributed by atoms with Gasteiger partial charge in [0.05, 0.1) is 12.0 Å². The van der Waals surface area contributed by atoms with Crippen LogP contribution in [0.25, 0.3) is 0 Å². The third kappa shape index (κ3) is 2.32. The molecule has 0 aromatic rings. The Bertz CT molecular complexity index is 251. The maximum absolute atomic E-state index is 11.1. The minimum Gasteiger partial charge on any atom is -0.369 e. The summed E-state index contributed by atoms with van der Waals surface area (Å²) in [6.45, 7) is 0.735. The van der Waals surface area contributed by atoms with Crippen LogP contribution < -0.4 is 5.73 Å². The Morgan fingerprint density at radius 2 is 2.43 bits per heavy atom. The van der Waals surface area contributed by atoms with E-state index in [9.17, 15) is 4.79 Å². The smallest absolute Gasteiger partial charge is 0.223 e. The fraction of sp³-hybridized carbons (Fsp3) is 0.778. The van der Waals surface area contributed by atoms with E-state index >= 15 is 0 Å². The molecule has 1 aliphatic rings. The number of hydrogen-bond donors (Lipinski definition) is 2. The van der Waals surface area contributed by atoms with Gasteiger partial charge in [0, 0.05) is 12.3 Å². The van der Waals surface area contributed by atoms with E-state index in [1.165, 1.54) is 0 Å². The van der Waals surface area contributed by atoms with E-state index < -0.39 is 0 Å². The highest BCUT2D eigenvalue weighted by atomic mass is 32.1. The van der Waals surface area contributed by atoms with Gasteiger partial charge in [-0.25, -0.2) is 0 Å². The Balaban J connectivity index is 2.71. The molecule has 2 atom stereocenters. The second-order valence-corrected chi connectivity index (χ2v) is 3.91. The average Bonchev–Trinajstić information content (AvgIpc) is 2.19. The fourth-order valence-electron chi connectivity index (χ4n) is 1.90. The number of amides is 1. The van der Waals surface area contributed by atoms with E-state index in [4.69, 9.17) is 11.0 Å². The topological polar surface area (TPSA) is 70.1 Å². The fourth-order valence-corrected chi connectivity index (χ4v) is 2.32. The molecule has 2 unspecified atom stereocenters. The lowest BCUT2D eigenvalue weighted by atomic mass is 9.91. The molecule has 0 radical (unpaired) electrons. The summed E-state index contributed by atoms with van der Waals surface area (Å²) in [6.07, 6.45) is 5.05. The first kappa shape index (κ1) is 11.2. The van der Waals surface area contributed by atoms with E-state index in [0.717, 1.165) is 25.8 Å². The molecule has 1 rings (SSSR count). The zero-order valence-electron chi connectivity index (χ0n) is 8.02. The van der Waals surface area contributed by atoms with E-state index in [1.54, 1.807) is 4.90 Å². The number of primary amides is 1. The number of nitrogens with zero attached hydrogens (tertiary/aromatic N) is 2. The molecule has 1 saturated heterocycles. The standard InChI is InChI=1S/C9H15N3OS/c10-6-12-4-2-1-3-8(12)7(5-14)9(11)13/h7-8,14H,1-5H2,(H2,11,13). The Labute approximate surface area is 89.5 Å². The number of carbonyl (C=O) groups excluding carboxylic acids is 1. The van der Waals surface area contributed by atoms with Crippen molar-refractivity contribution in [2.45, 2.75) is 25.3 Å². The summed E-state index contributed by atoms with van der Waals surface area (Å²) in [7, 11) is 0. The highest BCUT2D eigenvalue weighted by molar-refractivity contribution is 7.80. The van der Waals surface area contributed by atoms with Crippen LogP contribution in [0.4, 0.5) is 0 Å². The van der Waals surface area contributed by atoms with Crippen LogP contribution in [0.1, 0.15) is 19.3 Å². The van der Waals surface area contributed by atoms with Crippen molar-refractivity contribution in [3.05, 3.63) is 0 Å². The Morgan fingerprint density at radius 1 is 1.71 bits per heavy atom. The van der Waals surface area contributed by atoms with Gasteiger partial charge in [-0.05, 0) is 19.3 Å². The lowest BCUT2D eigenvalue weighted by Gasteiger charge is -2.35. The van der Waals surface area contributed by atoms with Crippen LogP contribution in [0.3, 0.4) is 0 Å². The van der Waals surface area contributed by atoms with Crippen molar-refractivity contribution < 1.29 is 4.79 Å². The largest absolute Gasteiger partial charge is 0.369 e. The van der Waals surface area contributed by atoms with Crippen molar-refractivity contribution >= 4 is 18.5 Å². The molecule has 1 heterocycles. The van der Waals surface area contributed by atoms with Crippen molar-refractivity contribution in [3.63, 3.8) is 0 Å². The lowest BCUT2D eigenvalue weighted by Crippen LogP contribution is -2.46. The SMILES string of the molecule is N#CN1CCCCC1C(CS)C(N)=O. The van der Waals surface area contributed by atoms with Gasteiger partial charge in [-0.15, -0.1) is 0 Å². The Morgan fingerprint density at radius 3 is 2.93 bits per heavy atom. The van der Waals surface area contributed by atoms with E-state index in [-0.39, 0.29) is 17.9 Å². The Hall–Kier alpha value is -0.890. The van der Waals surface area contributed by atoms with Crippen molar-refractivity contribution in [1.29, 1.82) is 5.26 Å². The van der Waals surface area contributed by atoms with Crippen LogP contribution in [0.15, 0.2) is 0 Å². The van der Waals surface area contributed by atoms with Gasteiger partial charge in [-0.1, -0.05) is 0 Å². The monoisotopic (exact) mass is 213 g/mol.